The highest BCUT2D eigenvalue weighted by Crippen LogP contribution is 2.08. The Bertz CT molecular complexity index is 597. The number of aliphatic carboxylic acids is 1. The smallest absolute Gasteiger partial charge is 0.327 e. The number of ether oxygens (including phenoxy) is 1. The zero-order chi connectivity index (χ0) is 14.4. The van der Waals surface area contributed by atoms with Crippen LogP contribution in [-0.2, 0) is 16.1 Å². The number of benzene rings is 1. The molecule has 0 aliphatic heterocycles. The van der Waals surface area contributed by atoms with Crippen molar-refractivity contribution in [1.82, 2.24) is 15.0 Å². The van der Waals surface area contributed by atoms with Gasteiger partial charge in [-0.1, -0.05) is 18.2 Å². The highest BCUT2D eigenvalue weighted by atomic mass is 16.5. The molecule has 8 nitrogen and oxygen atoms in total. The first-order valence-corrected chi connectivity index (χ1v) is 5.73. The molecule has 0 saturated carbocycles. The fourth-order valence-corrected chi connectivity index (χ4v) is 1.40. The van der Waals surface area contributed by atoms with Gasteiger partial charge in [-0.3, -0.25) is 9.59 Å². The van der Waals surface area contributed by atoms with Crippen molar-refractivity contribution < 1.29 is 19.4 Å². The number of anilines is 1. The Kier molecular flexibility index (Phi) is 4.28. The summed E-state index contributed by atoms with van der Waals surface area (Å²) in [5, 5.41) is 18.5. The molecule has 0 atom stereocenters. The van der Waals surface area contributed by atoms with Crippen LogP contribution in [-0.4, -0.2) is 38.6 Å². The fourth-order valence-electron chi connectivity index (χ4n) is 1.40. The largest absolute Gasteiger partial charge is 0.484 e. The third-order valence-electron chi connectivity index (χ3n) is 2.19. The first-order valence-electron chi connectivity index (χ1n) is 5.73. The molecule has 2 aromatic rings. The van der Waals surface area contributed by atoms with E-state index in [0.29, 0.717) is 5.75 Å². The highest BCUT2D eigenvalue weighted by molar-refractivity contribution is 5.90. The average molecular weight is 276 g/mol. The van der Waals surface area contributed by atoms with Crippen LogP contribution in [0.4, 0.5) is 5.82 Å². The van der Waals surface area contributed by atoms with Crippen molar-refractivity contribution >= 4 is 17.7 Å². The van der Waals surface area contributed by atoms with Gasteiger partial charge in [0.05, 0.1) is 6.20 Å². The number of carboxylic acids is 1. The Labute approximate surface area is 114 Å². The zero-order valence-corrected chi connectivity index (χ0v) is 10.4. The number of rotatable bonds is 6. The van der Waals surface area contributed by atoms with Crippen molar-refractivity contribution in [3.63, 3.8) is 0 Å². The van der Waals surface area contributed by atoms with E-state index in [4.69, 9.17) is 9.84 Å². The second-order valence-corrected chi connectivity index (χ2v) is 3.80. The molecule has 2 N–H and O–H groups in total. The maximum atomic E-state index is 11.6. The first kappa shape index (κ1) is 13.5. The van der Waals surface area contributed by atoms with Gasteiger partial charge in [-0.15, -0.1) is 5.10 Å². The van der Waals surface area contributed by atoms with Gasteiger partial charge in [0, 0.05) is 0 Å². The molecular formula is C12H12N4O4. The van der Waals surface area contributed by atoms with Crippen molar-refractivity contribution in [1.29, 1.82) is 0 Å². The van der Waals surface area contributed by atoms with Crippen molar-refractivity contribution in [3.05, 3.63) is 36.5 Å². The summed E-state index contributed by atoms with van der Waals surface area (Å²) in [6.45, 7) is -0.536. The van der Waals surface area contributed by atoms with Crippen LogP contribution in [0.2, 0.25) is 0 Å². The number of carboxylic acid groups (broad SMARTS) is 1. The fraction of sp³-hybridized carbons (Fsp3) is 0.167. The predicted octanol–water partition coefficient (Wildman–Crippen LogP) is 0.380. The van der Waals surface area contributed by atoms with E-state index < -0.39 is 11.9 Å². The van der Waals surface area contributed by atoms with E-state index >= 15 is 0 Å². The van der Waals surface area contributed by atoms with E-state index in [-0.39, 0.29) is 19.0 Å². The molecule has 0 spiro atoms. The quantitative estimate of drug-likeness (QED) is 0.790. The van der Waals surface area contributed by atoms with E-state index in [1.54, 1.807) is 24.3 Å². The number of para-hydroxylation sites is 1. The van der Waals surface area contributed by atoms with Gasteiger partial charge in [0.1, 0.15) is 5.75 Å². The van der Waals surface area contributed by atoms with Gasteiger partial charge in [0.25, 0.3) is 5.91 Å². The summed E-state index contributed by atoms with van der Waals surface area (Å²) in [6, 6.07) is 8.90. The van der Waals surface area contributed by atoms with Gasteiger partial charge in [0.2, 0.25) is 0 Å². The molecule has 0 saturated heterocycles. The Balaban J connectivity index is 1.82. The normalized spacial score (nSPS) is 10.0. The second kappa shape index (κ2) is 6.32. The van der Waals surface area contributed by atoms with Gasteiger partial charge in [-0.05, 0) is 12.1 Å². The van der Waals surface area contributed by atoms with E-state index in [1.807, 2.05) is 6.07 Å². The highest BCUT2D eigenvalue weighted by Gasteiger charge is 2.08. The number of aromatic nitrogens is 3. The average Bonchev–Trinajstić information content (AvgIpc) is 2.84. The number of carbonyl (C=O) groups excluding carboxylic acids is 1. The molecule has 0 aliphatic carbocycles. The lowest BCUT2D eigenvalue weighted by Crippen LogP contribution is -2.20. The van der Waals surface area contributed by atoms with E-state index in [9.17, 15) is 9.59 Å². The zero-order valence-electron chi connectivity index (χ0n) is 10.4. The predicted molar refractivity (Wildman–Crippen MR) is 68.2 cm³/mol. The van der Waals surface area contributed by atoms with Crippen molar-refractivity contribution in [2.75, 3.05) is 11.9 Å². The monoisotopic (exact) mass is 276 g/mol. The second-order valence-electron chi connectivity index (χ2n) is 3.80. The van der Waals surface area contributed by atoms with E-state index in [0.717, 1.165) is 4.80 Å². The van der Waals surface area contributed by atoms with Crippen molar-refractivity contribution in [3.8, 4) is 5.75 Å². The number of hydrogen-bond donors (Lipinski definition) is 2. The third-order valence-corrected chi connectivity index (χ3v) is 2.19. The van der Waals surface area contributed by atoms with Crippen LogP contribution in [0, 0.1) is 0 Å². The van der Waals surface area contributed by atoms with E-state index in [2.05, 4.69) is 15.5 Å². The lowest BCUT2D eigenvalue weighted by Gasteiger charge is -2.04. The molecule has 0 unspecified atom stereocenters. The van der Waals surface area contributed by atoms with Crippen LogP contribution in [0.3, 0.4) is 0 Å². The Morgan fingerprint density at radius 2 is 2.05 bits per heavy atom. The van der Waals surface area contributed by atoms with Crippen LogP contribution in [0.15, 0.2) is 36.5 Å². The number of hydrogen-bond acceptors (Lipinski definition) is 5. The summed E-state index contributed by atoms with van der Waals surface area (Å²) in [4.78, 5) is 23.0. The molecule has 1 amide bonds. The number of nitrogens with one attached hydrogen (secondary N) is 1. The molecule has 1 heterocycles. The van der Waals surface area contributed by atoms with Gasteiger partial charge < -0.3 is 15.2 Å². The summed E-state index contributed by atoms with van der Waals surface area (Å²) >= 11 is 0. The molecule has 2 rings (SSSR count). The first-order chi connectivity index (χ1) is 9.63. The number of carbonyl (C=O) groups is 2. The summed E-state index contributed by atoms with van der Waals surface area (Å²) in [6.07, 6.45) is 1.27. The maximum Gasteiger partial charge on any atom is 0.327 e. The minimum atomic E-state index is -1.06. The Hall–Kier alpha value is -2.90. The number of nitrogens with zero attached hydrogens (tertiary/aromatic N) is 3. The minimum absolute atomic E-state index is 0.171. The van der Waals surface area contributed by atoms with E-state index in [1.165, 1.54) is 6.20 Å². The molecule has 0 aliphatic rings. The SMILES string of the molecule is O=C(O)Cn1ncc(NC(=O)COc2ccccc2)n1. The minimum Gasteiger partial charge on any atom is -0.484 e. The van der Waals surface area contributed by atoms with Crippen LogP contribution >= 0.6 is 0 Å². The molecular weight excluding hydrogens is 264 g/mol. The topological polar surface area (TPSA) is 106 Å². The molecule has 0 radical (unpaired) electrons. The molecule has 1 aromatic heterocycles. The summed E-state index contributed by atoms with van der Waals surface area (Å²) in [5.41, 5.74) is 0. The molecule has 0 fully saturated rings. The van der Waals surface area contributed by atoms with Crippen LogP contribution < -0.4 is 10.1 Å². The van der Waals surface area contributed by atoms with Crippen molar-refractivity contribution in [2.24, 2.45) is 0 Å². The van der Waals surface area contributed by atoms with Gasteiger partial charge in [-0.25, -0.2) is 0 Å². The standard InChI is InChI=1S/C12H12N4O4/c17-11(8-20-9-4-2-1-3-5-9)14-10-6-13-16(15-10)7-12(18)19/h1-6H,7-8H2,(H,18,19)(H,14,15,17). The van der Waals surface area contributed by atoms with Gasteiger partial charge in [0.15, 0.2) is 19.0 Å². The van der Waals surface area contributed by atoms with Gasteiger partial charge >= 0.3 is 5.97 Å². The molecule has 8 heteroatoms. The number of amides is 1. The lowest BCUT2D eigenvalue weighted by molar-refractivity contribution is -0.138. The van der Waals surface area contributed by atoms with Crippen LogP contribution in [0.1, 0.15) is 0 Å². The van der Waals surface area contributed by atoms with Crippen LogP contribution in [0.5, 0.6) is 5.75 Å². The Morgan fingerprint density at radius 3 is 2.75 bits per heavy atom. The lowest BCUT2D eigenvalue weighted by atomic mass is 10.3. The molecule has 104 valence electrons. The third kappa shape index (κ3) is 4.09. The van der Waals surface area contributed by atoms with Gasteiger partial charge in [-0.2, -0.15) is 9.90 Å². The summed E-state index contributed by atoms with van der Waals surface area (Å²) in [5.74, 6) is -0.716. The molecule has 20 heavy (non-hydrogen) atoms. The van der Waals surface area contributed by atoms with Crippen molar-refractivity contribution in [2.45, 2.75) is 6.54 Å². The molecule has 1 aromatic carbocycles. The molecule has 0 bridgehead atoms. The maximum absolute atomic E-state index is 11.6. The summed E-state index contributed by atoms with van der Waals surface area (Å²) < 4.78 is 5.25. The summed E-state index contributed by atoms with van der Waals surface area (Å²) in [7, 11) is 0. The Morgan fingerprint density at radius 1 is 1.30 bits per heavy atom. The van der Waals surface area contributed by atoms with Crippen LogP contribution in [0.25, 0.3) is 0 Å².